The van der Waals surface area contributed by atoms with Gasteiger partial charge in [0.1, 0.15) is 0 Å². The van der Waals surface area contributed by atoms with E-state index in [-0.39, 0.29) is 22.8 Å². The van der Waals surface area contributed by atoms with Crippen LogP contribution in [-0.2, 0) is 9.53 Å². The van der Waals surface area contributed by atoms with Crippen LogP contribution >= 0.6 is 11.3 Å². The molecule has 176 valence electrons. The Morgan fingerprint density at radius 3 is 2.35 bits per heavy atom. The lowest BCUT2D eigenvalue weighted by atomic mass is 9.95. The van der Waals surface area contributed by atoms with E-state index in [4.69, 9.17) is 14.2 Å². The number of fused-ring (bicyclic) bond motifs is 1. The van der Waals surface area contributed by atoms with Crippen molar-refractivity contribution < 1.29 is 24.1 Å². The first-order valence-electron chi connectivity index (χ1n) is 10.6. The lowest BCUT2D eigenvalue weighted by molar-refractivity contribution is -0.136. The van der Waals surface area contributed by atoms with Crippen molar-refractivity contribution in [1.82, 2.24) is 4.57 Å². The number of carbonyl (C=O) groups is 1. The summed E-state index contributed by atoms with van der Waals surface area (Å²) in [4.78, 5) is 31.6. The molecule has 8 nitrogen and oxygen atoms in total. The molecule has 2 aromatic carbocycles. The standard InChI is InChI=1S/C25H24N2O6S/c1-5-16-20(24(30)33-4)21(15-9-7-6-8-10-15)27-23(29)19(34-25(27)26-16)13-14-11-17(31-2)22(28)18(12-14)32-3/h6-13,21,28H,5H2,1-4H3/b19-13-/t21-/m1/s1. The van der Waals surface area contributed by atoms with Crippen LogP contribution < -0.4 is 24.4 Å². The van der Waals surface area contributed by atoms with Gasteiger partial charge in [0.2, 0.25) is 5.75 Å². The fraction of sp³-hybridized carbons (Fsp3) is 0.240. The highest BCUT2D eigenvalue weighted by atomic mass is 32.1. The van der Waals surface area contributed by atoms with E-state index in [1.807, 2.05) is 37.3 Å². The molecule has 0 fully saturated rings. The van der Waals surface area contributed by atoms with E-state index in [2.05, 4.69) is 4.99 Å². The molecule has 1 N–H and O–H groups in total. The highest BCUT2D eigenvalue weighted by Crippen LogP contribution is 2.37. The fourth-order valence-electron chi connectivity index (χ4n) is 3.96. The predicted octanol–water partition coefficient (Wildman–Crippen LogP) is 2.52. The summed E-state index contributed by atoms with van der Waals surface area (Å²) in [6.07, 6.45) is 2.19. The zero-order valence-electron chi connectivity index (χ0n) is 19.2. The number of ether oxygens (including phenoxy) is 3. The molecule has 0 bridgehead atoms. The molecule has 0 aliphatic carbocycles. The molecule has 9 heteroatoms. The third-order valence-electron chi connectivity index (χ3n) is 5.57. The van der Waals surface area contributed by atoms with Gasteiger partial charge in [0.25, 0.3) is 5.56 Å². The van der Waals surface area contributed by atoms with Gasteiger partial charge in [-0.3, -0.25) is 9.36 Å². The highest BCUT2D eigenvalue weighted by Gasteiger charge is 2.33. The van der Waals surface area contributed by atoms with E-state index in [1.165, 1.54) is 37.2 Å². The Morgan fingerprint density at radius 1 is 1.15 bits per heavy atom. The number of aromatic hydroxyl groups is 1. The molecule has 0 radical (unpaired) electrons. The maximum atomic E-state index is 13.6. The van der Waals surface area contributed by atoms with Gasteiger partial charge >= 0.3 is 5.97 Å². The molecule has 4 rings (SSSR count). The summed E-state index contributed by atoms with van der Waals surface area (Å²) in [6.45, 7) is 1.91. The van der Waals surface area contributed by atoms with Crippen LogP contribution in [0.2, 0.25) is 0 Å². The summed E-state index contributed by atoms with van der Waals surface area (Å²) in [7, 11) is 4.20. The lowest BCUT2D eigenvalue weighted by Gasteiger charge is -2.25. The maximum absolute atomic E-state index is 13.6. The number of benzene rings is 2. The number of hydrogen-bond acceptors (Lipinski definition) is 8. The average Bonchev–Trinajstić information content (AvgIpc) is 3.18. The summed E-state index contributed by atoms with van der Waals surface area (Å²) in [5, 5.41) is 10.2. The normalized spacial score (nSPS) is 15.5. The molecule has 1 atom stereocenters. The molecule has 1 aromatic heterocycles. The minimum Gasteiger partial charge on any atom is -0.502 e. The molecular weight excluding hydrogens is 456 g/mol. The van der Waals surface area contributed by atoms with Crippen LogP contribution in [0.4, 0.5) is 0 Å². The molecule has 0 saturated heterocycles. The van der Waals surface area contributed by atoms with E-state index in [9.17, 15) is 14.7 Å². The van der Waals surface area contributed by atoms with Crippen molar-refractivity contribution in [1.29, 1.82) is 0 Å². The number of phenols is 1. The smallest absolute Gasteiger partial charge is 0.338 e. The zero-order valence-corrected chi connectivity index (χ0v) is 20.0. The highest BCUT2D eigenvalue weighted by molar-refractivity contribution is 7.07. The van der Waals surface area contributed by atoms with E-state index >= 15 is 0 Å². The van der Waals surface area contributed by atoms with Crippen molar-refractivity contribution in [2.45, 2.75) is 19.4 Å². The summed E-state index contributed by atoms with van der Waals surface area (Å²) in [5.41, 5.74) is 2.03. The van der Waals surface area contributed by atoms with E-state index in [1.54, 1.807) is 18.2 Å². The number of carbonyl (C=O) groups excluding carboxylic acids is 1. The number of thiazole rings is 1. The average molecular weight is 481 g/mol. The van der Waals surface area contributed by atoms with Crippen molar-refractivity contribution >= 4 is 23.4 Å². The molecule has 0 unspecified atom stereocenters. The monoisotopic (exact) mass is 480 g/mol. The quantitative estimate of drug-likeness (QED) is 0.545. The Hall–Kier alpha value is -3.85. The second-order valence-electron chi connectivity index (χ2n) is 7.47. The Bertz CT molecular complexity index is 1430. The second-order valence-corrected chi connectivity index (χ2v) is 8.48. The Kier molecular flexibility index (Phi) is 6.56. The zero-order chi connectivity index (χ0) is 24.4. The van der Waals surface area contributed by atoms with Gasteiger partial charge in [0.15, 0.2) is 16.3 Å². The number of rotatable bonds is 6. The van der Waals surface area contributed by atoms with Crippen molar-refractivity contribution in [3.05, 3.63) is 84.5 Å². The van der Waals surface area contributed by atoms with Crippen LogP contribution in [-0.4, -0.2) is 37.0 Å². The molecule has 0 saturated carbocycles. The third-order valence-corrected chi connectivity index (χ3v) is 6.55. The Balaban J connectivity index is 1.99. The van der Waals surface area contributed by atoms with Gasteiger partial charge < -0.3 is 19.3 Å². The Labute approximate surface area is 199 Å². The van der Waals surface area contributed by atoms with Gasteiger partial charge in [-0.2, -0.15) is 0 Å². The molecule has 34 heavy (non-hydrogen) atoms. The molecule has 1 aliphatic rings. The second kappa shape index (κ2) is 9.56. The Morgan fingerprint density at radius 2 is 1.79 bits per heavy atom. The number of hydrogen-bond donors (Lipinski definition) is 1. The van der Waals surface area contributed by atoms with Crippen molar-refractivity contribution in [2.24, 2.45) is 4.99 Å². The largest absolute Gasteiger partial charge is 0.502 e. The number of esters is 1. The van der Waals surface area contributed by atoms with Crippen molar-refractivity contribution in [3.63, 3.8) is 0 Å². The van der Waals surface area contributed by atoms with Crippen LogP contribution in [0.15, 0.2) is 63.5 Å². The van der Waals surface area contributed by atoms with E-state index in [0.29, 0.717) is 32.6 Å². The van der Waals surface area contributed by atoms with Gasteiger partial charge in [0.05, 0.1) is 43.2 Å². The first-order chi connectivity index (χ1) is 16.4. The molecule has 0 amide bonds. The van der Waals surface area contributed by atoms with Crippen molar-refractivity contribution in [2.75, 3.05) is 21.3 Å². The molecule has 1 aliphatic heterocycles. The number of phenolic OH excluding ortho intramolecular Hbond substituents is 1. The van der Waals surface area contributed by atoms with Gasteiger partial charge in [-0.25, -0.2) is 9.79 Å². The number of nitrogens with zero attached hydrogens (tertiary/aromatic N) is 2. The van der Waals surface area contributed by atoms with Crippen LogP contribution in [0.3, 0.4) is 0 Å². The molecular formula is C25H24N2O6S. The molecule has 3 aromatic rings. The fourth-order valence-corrected chi connectivity index (χ4v) is 4.98. The van der Waals surface area contributed by atoms with Gasteiger partial charge in [-0.05, 0) is 35.8 Å². The number of aromatic nitrogens is 1. The van der Waals surface area contributed by atoms with Crippen LogP contribution in [0, 0.1) is 0 Å². The third kappa shape index (κ3) is 3.99. The van der Waals surface area contributed by atoms with Gasteiger partial charge in [0, 0.05) is 0 Å². The van der Waals surface area contributed by atoms with Crippen molar-refractivity contribution in [3.8, 4) is 17.2 Å². The molecule has 2 heterocycles. The first-order valence-corrected chi connectivity index (χ1v) is 11.4. The van der Waals surface area contributed by atoms with Crippen LogP contribution in [0.5, 0.6) is 17.2 Å². The summed E-state index contributed by atoms with van der Waals surface area (Å²) >= 11 is 1.22. The topological polar surface area (TPSA) is 99.4 Å². The van der Waals surface area contributed by atoms with Crippen LogP contribution in [0.25, 0.3) is 6.08 Å². The predicted molar refractivity (Wildman–Crippen MR) is 128 cm³/mol. The molecule has 0 spiro atoms. The number of methoxy groups -OCH3 is 3. The van der Waals surface area contributed by atoms with E-state index < -0.39 is 12.0 Å². The summed E-state index contributed by atoms with van der Waals surface area (Å²) < 4.78 is 17.5. The van der Waals surface area contributed by atoms with Crippen LogP contribution in [0.1, 0.15) is 30.5 Å². The lowest BCUT2D eigenvalue weighted by Crippen LogP contribution is -2.40. The van der Waals surface area contributed by atoms with Gasteiger partial charge in [-0.15, -0.1) is 0 Å². The summed E-state index contributed by atoms with van der Waals surface area (Å²) in [6, 6.07) is 11.9. The van der Waals surface area contributed by atoms with E-state index in [0.717, 1.165) is 5.56 Å². The number of allylic oxidation sites excluding steroid dienone is 1. The van der Waals surface area contributed by atoms with Gasteiger partial charge in [-0.1, -0.05) is 48.6 Å². The summed E-state index contributed by atoms with van der Waals surface area (Å²) in [5.74, 6) is -0.191. The first kappa shape index (κ1) is 23.3. The SMILES string of the molecule is CCC1=C(C(=O)OC)[C@@H](c2ccccc2)n2c(s/c(=C\c3cc(OC)c(O)c(OC)c3)c2=O)=N1. The maximum Gasteiger partial charge on any atom is 0.338 e. The minimum atomic E-state index is -0.661. The minimum absolute atomic E-state index is 0.122.